The van der Waals surface area contributed by atoms with E-state index in [9.17, 15) is 34.5 Å². The number of allylic oxidation sites excluding steroid dienone is 2. The molecule has 68 heavy (non-hydrogen) atoms. The molecule has 16 heteroatoms. The van der Waals surface area contributed by atoms with Gasteiger partial charge in [0.1, 0.15) is 40.4 Å². The summed E-state index contributed by atoms with van der Waals surface area (Å²) >= 11 is 0. The summed E-state index contributed by atoms with van der Waals surface area (Å²) in [5, 5.41) is 37.7. The monoisotopic (exact) mass is 940 g/mol. The second-order valence-corrected chi connectivity index (χ2v) is 19.7. The van der Waals surface area contributed by atoms with Gasteiger partial charge in [-0.3, -0.25) is 19.2 Å². The van der Waals surface area contributed by atoms with Crippen LogP contribution in [-0.2, 0) is 23.8 Å². The van der Waals surface area contributed by atoms with Crippen LogP contribution in [0.1, 0.15) is 91.1 Å². The Morgan fingerprint density at radius 2 is 1.68 bits per heavy atom. The first-order chi connectivity index (χ1) is 32.0. The van der Waals surface area contributed by atoms with Crippen LogP contribution in [0.15, 0.2) is 63.6 Å². The number of Topliss-reactive ketones (excluding diaryl/α,β-unsaturated/α-hetero) is 1. The number of phenolic OH excluding ortho intramolecular Hbond substituents is 1. The number of carbonyl (C=O) groups is 3. The lowest BCUT2D eigenvalue weighted by atomic mass is 9.78. The highest BCUT2D eigenvalue weighted by Gasteiger charge is 2.50. The van der Waals surface area contributed by atoms with Crippen molar-refractivity contribution in [2.24, 2.45) is 23.7 Å². The summed E-state index contributed by atoms with van der Waals surface area (Å²) in [4.78, 5) is 60.7. The number of ketones is 1. The molecular weight excluding hydrogens is 875 g/mol. The van der Waals surface area contributed by atoms with Crippen LogP contribution in [0.4, 0.5) is 5.69 Å². The van der Waals surface area contributed by atoms with E-state index in [-0.39, 0.29) is 61.7 Å². The van der Waals surface area contributed by atoms with Gasteiger partial charge in [-0.05, 0) is 45.9 Å². The Morgan fingerprint density at radius 3 is 2.32 bits per heavy atom. The van der Waals surface area contributed by atoms with E-state index in [1.54, 1.807) is 65.0 Å². The maximum absolute atomic E-state index is 14.8. The number of methoxy groups -OCH3 is 1. The molecule has 3 aromatic carbocycles. The minimum Gasteiger partial charge on any atom is -0.505 e. The van der Waals surface area contributed by atoms with E-state index in [1.165, 1.54) is 46.3 Å². The third-order valence-corrected chi connectivity index (χ3v) is 14.8. The Labute approximate surface area is 396 Å². The third-order valence-electron chi connectivity index (χ3n) is 14.8. The van der Waals surface area contributed by atoms with Gasteiger partial charge in [0.05, 0.1) is 61.7 Å². The van der Waals surface area contributed by atoms with Crippen molar-refractivity contribution in [3.8, 4) is 17.2 Å². The molecule has 9 atom stereocenters. The smallest absolute Gasteiger partial charge is 0.312 e. The fourth-order valence-electron chi connectivity index (χ4n) is 9.82. The van der Waals surface area contributed by atoms with Crippen molar-refractivity contribution in [3.05, 3.63) is 75.7 Å². The second-order valence-electron chi connectivity index (χ2n) is 19.7. The van der Waals surface area contributed by atoms with Gasteiger partial charge in [0.2, 0.25) is 0 Å². The number of piperidine rings is 1. The molecule has 16 nitrogen and oxygen atoms in total. The van der Waals surface area contributed by atoms with Crippen molar-refractivity contribution in [1.82, 2.24) is 4.98 Å². The number of likely N-dealkylation sites (tertiary alicyclic amines) is 1. The van der Waals surface area contributed by atoms with E-state index >= 15 is 0 Å². The predicted molar refractivity (Wildman–Crippen MR) is 257 cm³/mol. The third kappa shape index (κ3) is 9.23. The molecule has 366 valence electrons. The summed E-state index contributed by atoms with van der Waals surface area (Å²) in [6.07, 6.45) is 5.34. The highest BCUT2D eigenvalue weighted by atomic mass is 16.7. The van der Waals surface area contributed by atoms with E-state index in [2.05, 4.69) is 26.2 Å². The molecule has 0 saturated carbocycles. The number of amides is 1. The summed E-state index contributed by atoms with van der Waals surface area (Å²) in [6, 6.07) is 5.67. The van der Waals surface area contributed by atoms with Crippen LogP contribution in [0.3, 0.4) is 0 Å². The molecule has 7 rings (SSSR count). The van der Waals surface area contributed by atoms with Crippen LogP contribution in [0.2, 0.25) is 0 Å². The largest absolute Gasteiger partial charge is 0.505 e. The molecule has 1 amide bonds. The number of anilines is 1. The molecule has 4 N–H and O–H groups in total. The molecule has 4 aromatic rings. The molecule has 0 spiro atoms. The minimum atomic E-state index is -2.05. The fraction of sp³-hybridized carbons (Fsp3) is 0.519. The maximum atomic E-state index is 14.8. The summed E-state index contributed by atoms with van der Waals surface area (Å²) in [5.74, 6) is -6.70. The Balaban J connectivity index is 1.40. The van der Waals surface area contributed by atoms with Crippen molar-refractivity contribution in [2.75, 3.05) is 32.6 Å². The number of fused-ring (bicyclic) bond motifs is 2. The Hall–Kier alpha value is -5.81. The first-order valence-corrected chi connectivity index (χ1v) is 23.4. The van der Waals surface area contributed by atoms with E-state index < -0.39 is 82.7 Å². The summed E-state index contributed by atoms with van der Waals surface area (Å²) in [7, 11) is 3.71. The number of aliphatic hydroxyl groups excluding tert-OH is 2. The van der Waals surface area contributed by atoms with Crippen molar-refractivity contribution in [2.45, 2.75) is 124 Å². The lowest BCUT2D eigenvalue weighted by Crippen LogP contribution is -2.55. The van der Waals surface area contributed by atoms with Crippen molar-refractivity contribution in [1.29, 1.82) is 0 Å². The summed E-state index contributed by atoms with van der Waals surface area (Å²) in [6.45, 7) is 19.0. The predicted octanol–water partition coefficient (Wildman–Crippen LogP) is 7.39. The lowest BCUT2D eigenvalue weighted by Gasteiger charge is -2.43. The van der Waals surface area contributed by atoms with Crippen molar-refractivity contribution < 1.29 is 62.3 Å². The molecule has 1 aromatic heterocycles. The molecule has 3 aliphatic rings. The molecule has 4 bridgehead atoms. The van der Waals surface area contributed by atoms with Gasteiger partial charge >= 0.3 is 11.8 Å². The number of aromatic nitrogens is 1. The topological polar surface area (TPSA) is 213 Å². The average molecular weight is 941 g/mol. The quantitative estimate of drug-likeness (QED) is 0.0505. The molecule has 0 radical (unpaired) electrons. The number of hydrogen-bond donors (Lipinski definition) is 4. The number of nitrogens with one attached hydrogen (secondary N) is 1. The fourth-order valence-corrected chi connectivity index (χ4v) is 9.82. The number of aromatic hydroxyl groups is 1. The number of carbonyl (C=O) groups excluding carboxylic acids is 3. The van der Waals surface area contributed by atoms with Crippen LogP contribution in [0.5, 0.6) is 17.2 Å². The van der Waals surface area contributed by atoms with Crippen LogP contribution in [0.25, 0.3) is 33.0 Å². The van der Waals surface area contributed by atoms with Gasteiger partial charge < -0.3 is 53.2 Å². The van der Waals surface area contributed by atoms with Crippen LogP contribution < -0.4 is 20.2 Å². The van der Waals surface area contributed by atoms with Crippen molar-refractivity contribution >= 4 is 56.3 Å². The number of nitrogens with zero attached hydrogens (tertiary/aromatic N) is 2. The van der Waals surface area contributed by atoms with E-state index in [0.29, 0.717) is 17.3 Å². The number of aliphatic hydroxyl groups is 2. The molecule has 0 aliphatic carbocycles. The first kappa shape index (κ1) is 50.1. The molecule has 3 aliphatic heterocycles. The van der Waals surface area contributed by atoms with Crippen LogP contribution >= 0.6 is 0 Å². The second kappa shape index (κ2) is 19.3. The molecule has 0 unspecified atom stereocenters. The highest BCUT2D eigenvalue weighted by Crippen LogP contribution is 2.48. The zero-order chi connectivity index (χ0) is 49.7. The highest BCUT2D eigenvalue weighted by molar-refractivity contribution is 6.26. The number of ether oxygens (including phenoxy) is 5. The Bertz CT molecular complexity index is 2790. The number of benzene rings is 3. The maximum Gasteiger partial charge on any atom is 0.312 e. The summed E-state index contributed by atoms with van der Waals surface area (Å²) in [5.41, 5.74) is -0.397. The van der Waals surface area contributed by atoms with Gasteiger partial charge in [-0.15, -0.1) is 0 Å². The number of esters is 1. The van der Waals surface area contributed by atoms with Gasteiger partial charge in [0.25, 0.3) is 11.7 Å². The van der Waals surface area contributed by atoms with E-state index in [4.69, 9.17) is 33.1 Å². The molecule has 4 heterocycles. The van der Waals surface area contributed by atoms with E-state index in [0.717, 1.165) is 30.4 Å². The average Bonchev–Trinajstić information content (AvgIpc) is 3.57. The van der Waals surface area contributed by atoms with Gasteiger partial charge in [0.15, 0.2) is 22.3 Å². The minimum absolute atomic E-state index is 0.00347. The Morgan fingerprint density at radius 1 is 0.985 bits per heavy atom. The van der Waals surface area contributed by atoms with Gasteiger partial charge in [-0.2, -0.15) is 0 Å². The van der Waals surface area contributed by atoms with Gasteiger partial charge in [-0.1, -0.05) is 45.9 Å². The van der Waals surface area contributed by atoms with Gasteiger partial charge in [0, 0.05) is 80.1 Å². The first-order valence-electron chi connectivity index (χ1n) is 23.4. The van der Waals surface area contributed by atoms with Crippen LogP contribution in [0, 0.1) is 30.6 Å². The number of quaternary nitrogens is 1. The molecular formula is C52H66N3O13+. The lowest BCUT2D eigenvalue weighted by molar-refractivity contribution is -0.934. The zero-order valence-electron chi connectivity index (χ0n) is 41.0. The Kier molecular flexibility index (Phi) is 14.2. The van der Waals surface area contributed by atoms with E-state index in [1.807, 2.05) is 0 Å². The summed E-state index contributed by atoms with van der Waals surface area (Å²) < 4.78 is 38.0. The number of hydrogen-bond acceptors (Lipinski definition) is 14. The molecule has 1 saturated heterocycles. The molecule has 1 fully saturated rings. The normalized spacial score (nSPS) is 32.4. The SMILES string of the molecule is CO[C@H]1/C=C/O[C@@]2(C)Oc3c(C)c(=O)c4c(O)c(c5oc6cc(OC7CC[N+](C)(C(C)C)CC7)ccc6nc5c4c3C2=O)NC(=O)/C(C)=C\C=C\[C@H](C)[C@H](O)[C@@H](C)[C@@H](O)[C@@H](C)[C@H](OC(C)=O)[C@@H]1C. The standard InChI is InChI=1S/C52H65N3O13/c1-25(2)55(11)21-18-33(19-22-55)66-34-16-17-35-37(24-34)67-49-41(53-35)38-39-45(59)31(8)48-40(38)50(61)52(10,68-48)64-23-20-36(63-12)28(5)47(65-32(9)56)30(7)44(58)29(6)43(57)26(3)14-13-15-27(4)51(62)54-42(49)46(39)60/h13-17,20,23-26,28-30,33,36,43-44,47,57-58H,18-19,21-22H2,1-12H3,(H-,53,54,59,60,61,62)/p+1/b14-13+,23-20+,27-15-/t26-,28+,29+,30+,33?,36-,43-,44+,47+,52-,55?/m0/s1. The number of rotatable bonds is 5. The number of phenols is 1. The van der Waals surface area contributed by atoms with Crippen molar-refractivity contribution in [3.63, 3.8) is 0 Å². The van der Waals surface area contributed by atoms with Gasteiger partial charge in [-0.25, -0.2) is 4.98 Å². The van der Waals surface area contributed by atoms with Crippen LogP contribution in [-0.4, -0.2) is 112 Å². The zero-order valence-corrected chi connectivity index (χ0v) is 41.0.